The molecular weight excluding hydrogens is 181 g/mol. The molecule has 1 heterocycles. The van der Waals surface area contributed by atoms with Gasteiger partial charge in [0, 0.05) is 11.1 Å². The van der Waals surface area contributed by atoms with Crippen LogP contribution in [-0.2, 0) is 0 Å². The number of hydrogen-bond donors (Lipinski definition) is 1. The van der Waals surface area contributed by atoms with E-state index in [4.69, 9.17) is 10.2 Å². The van der Waals surface area contributed by atoms with Crippen molar-refractivity contribution in [2.24, 2.45) is 5.73 Å². The third-order valence-electron chi connectivity index (χ3n) is 2.14. The molecule has 14 heavy (non-hydrogen) atoms. The predicted octanol–water partition coefficient (Wildman–Crippen LogP) is 2.47. The second-order valence-electron chi connectivity index (χ2n) is 3.06. The second kappa shape index (κ2) is 3.64. The Kier molecular flexibility index (Phi) is 2.33. The zero-order chi connectivity index (χ0) is 9.97. The van der Waals surface area contributed by atoms with Crippen molar-refractivity contribution in [3.63, 3.8) is 0 Å². The smallest absolute Gasteiger partial charge is 0.128 e. The third kappa shape index (κ3) is 1.54. The van der Waals surface area contributed by atoms with E-state index in [9.17, 15) is 4.39 Å². The fraction of sp³-hybridized carbons (Fsp3) is 0.0909. The van der Waals surface area contributed by atoms with Crippen molar-refractivity contribution in [2.45, 2.75) is 6.04 Å². The summed E-state index contributed by atoms with van der Waals surface area (Å²) in [5, 5.41) is 0. The maximum Gasteiger partial charge on any atom is 0.128 e. The Morgan fingerprint density at radius 1 is 1.21 bits per heavy atom. The molecule has 0 radical (unpaired) electrons. The average Bonchev–Trinajstić information content (AvgIpc) is 2.70. The first-order valence-corrected chi connectivity index (χ1v) is 4.31. The van der Waals surface area contributed by atoms with Crippen LogP contribution in [0.15, 0.2) is 47.3 Å². The minimum Gasteiger partial charge on any atom is -0.472 e. The SMILES string of the molecule is NC(c1ccoc1)c1ccccc1F. The highest BCUT2D eigenvalue weighted by Gasteiger charge is 2.13. The van der Waals surface area contributed by atoms with Crippen LogP contribution >= 0.6 is 0 Å². The van der Waals surface area contributed by atoms with E-state index in [-0.39, 0.29) is 5.82 Å². The summed E-state index contributed by atoms with van der Waals surface area (Å²) in [6.45, 7) is 0. The summed E-state index contributed by atoms with van der Waals surface area (Å²) in [7, 11) is 0. The predicted molar refractivity (Wildman–Crippen MR) is 51.1 cm³/mol. The molecule has 1 aromatic carbocycles. The Bertz CT molecular complexity index is 411. The van der Waals surface area contributed by atoms with Crippen LogP contribution in [-0.4, -0.2) is 0 Å². The van der Waals surface area contributed by atoms with E-state index >= 15 is 0 Å². The molecule has 0 aliphatic rings. The number of benzene rings is 1. The van der Waals surface area contributed by atoms with Gasteiger partial charge in [-0.2, -0.15) is 0 Å². The van der Waals surface area contributed by atoms with Crippen LogP contribution < -0.4 is 5.73 Å². The van der Waals surface area contributed by atoms with Gasteiger partial charge in [-0.15, -0.1) is 0 Å². The molecule has 0 aliphatic heterocycles. The van der Waals surface area contributed by atoms with Gasteiger partial charge in [0.1, 0.15) is 5.82 Å². The molecule has 0 spiro atoms. The van der Waals surface area contributed by atoms with Gasteiger partial charge >= 0.3 is 0 Å². The monoisotopic (exact) mass is 191 g/mol. The number of furan rings is 1. The third-order valence-corrected chi connectivity index (χ3v) is 2.14. The van der Waals surface area contributed by atoms with Crippen molar-refractivity contribution < 1.29 is 8.81 Å². The molecule has 2 nitrogen and oxygen atoms in total. The van der Waals surface area contributed by atoms with Crippen molar-refractivity contribution in [3.05, 3.63) is 59.8 Å². The van der Waals surface area contributed by atoms with Gasteiger partial charge in [-0.3, -0.25) is 0 Å². The van der Waals surface area contributed by atoms with E-state index in [1.165, 1.54) is 18.6 Å². The quantitative estimate of drug-likeness (QED) is 0.791. The zero-order valence-electron chi connectivity index (χ0n) is 7.48. The highest BCUT2D eigenvalue weighted by molar-refractivity contribution is 5.29. The Labute approximate surface area is 81.2 Å². The van der Waals surface area contributed by atoms with E-state index in [1.54, 1.807) is 24.3 Å². The van der Waals surface area contributed by atoms with Crippen LogP contribution in [0.5, 0.6) is 0 Å². The standard InChI is InChI=1S/C11H10FNO/c12-10-4-2-1-3-9(10)11(13)8-5-6-14-7-8/h1-7,11H,13H2. The van der Waals surface area contributed by atoms with E-state index in [1.807, 2.05) is 0 Å². The lowest BCUT2D eigenvalue weighted by Gasteiger charge is -2.10. The summed E-state index contributed by atoms with van der Waals surface area (Å²) in [4.78, 5) is 0. The lowest BCUT2D eigenvalue weighted by molar-refractivity contribution is 0.559. The summed E-state index contributed by atoms with van der Waals surface area (Å²) < 4.78 is 18.2. The van der Waals surface area contributed by atoms with Gasteiger partial charge in [-0.1, -0.05) is 18.2 Å². The molecule has 1 aromatic heterocycles. The van der Waals surface area contributed by atoms with E-state index in [2.05, 4.69) is 0 Å². The first-order chi connectivity index (χ1) is 6.79. The van der Waals surface area contributed by atoms with Crippen molar-refractivity contribution in [1.29, 1.82) is 0 Å². The van der Waals surface area contributed by atoms with Crippen molar-refractivity contribution in [1.82, 2.24) is 0 Å². The van der Waals surface area contributed by atoms with Crippen LogP contribution in [0.3, 0.4) is 0 Å². The molecule has 1 atom stereocenters. The van der Waals surface area contributed by atoms with Crippen LogP contribution in [0, 0.1) is 5.82 Å². The molecule has 72 valence electrons. The maximum atomic E-state index is 13.3. The topological polar surface area (TPSA) is 39.2 Å². The highest BCUT2D eigenvalue weighted by atomic mass is 19.1. The molecule has 2 N–H and O–H groups in total. The zero-order valence-corrected chi connectivity index (χ0v) is 7.48. The summed E-state index contributed by atoms with van der Waals surface area (Å²) in [6, 6.07) is 7.74. The average molecular weight is 191 g/mol. The first kappa shape index (κ1) is 8.97. The summed E-state index contributed by atoms with van der Waals surface area (Å²) >= 11 is 0. The minimum absolute atomic E-state index is 0.291. The fourth-order valence-electron chi connectivity index (χ4n) is 1.36. The van der Waals surface area contributed by atoms with E-state index in [0.29, 0.717) is 5.56 Å². The molecule has 0 bridgehead atoms. The molecule has 2 aromatic rings. The fourth-order valence-corrected chi connectivity index (χ4v) is 1.36. The lowest BCUT2D eigenvalue weighted by Crippen LogP contribution is -2.12. The van der Waals surface area contributed by atoms with Crippen LogP contribution in [0.4, 0.5) is 4.39 Å². The molecule has 0 amide bonds. The molecule has 0 saturated heterocycles. The van der Waals surface area contributed by atoms with Crippen molar-refractivity contribution >= 4 is 0 Å². The molecular formula is C11H10FNO. The first-order valence-electron chi connectivity index (χ1n) is 4.31. The van der Waals surface area contributed by atoms with Gasteiger partial charge in [0.2, 0.25) is 0 Å². The van der Waals surface area contributed by atoms with Crippen LogP contribution in [0.25, 0.3) is 0 Å². The van der Waals surface area contributed by atoms with Crippen LogP contribution in [0.2, 0.25) is 0 Å². The Balaban J connectivity index is 2.37. The van der Waals surface area contributed by atoms with Gasteiger partial charge in [0.05, 0.1) is 18.6 Å². The van der Waals surface area contributed by atoms with Gasteiger partial charge < -0.3 is 10.2 Å². The Morgan fingerprint density at radius 2 is 2.00 bits per heavy atom. The molecule has 0 fully saturated rings. The minimum atomic E-state index is -0.463. The summed E-state index contributed by atoms with van der Waals surface area (Å²) in [6.07, 6.45) is 3.05. The normalized spacial score (nSPS) is 12.7. The molecule has 0 saturated carbocycles. The van der Waals surface area contributed by atoms with E-state index in [0.717, 1.165) is 5.56 Å². The summed E-state index contributed by atoms with van der Waals surface area (Å²) in [5.74, 6) is -0.291. The number of halogens is 1. The second-order valence-corrected chi connectivity index (χ2v) is 3.06. The molecule has 3 heteroatoms. The lowest BCUT2D eigenvalue weighted by atomic mass is 10.0. The van der Waals surface area contributed by atoms with Gasteiger partial charge in [-0.05, 0) is 12.1 Å². The highest BCUT2D eigenvalue weighted by Crippen LogP contribution is 2.21. The number of rotatable bonds is 2. The van der Waals surface area contributed by atoms with Crippen molar-refractivity contribution in [2.75, 3.05) is 0 Å². The molecule has 2 rings (SSSR count). The summed E-state index contributed by atoms with van der Waals surface area (Å²) in [5.41, 5.74) is 7.12. The van der Waals surface area contributed by atoms with Crippen molar-refractivity contribution in [3.8, 4) is 0 Å². The maximum absolute atomic E-state index is 13.3. The Hall–Kier alpha value is -1.61. The largest absolute Gasteiger partial charge is 0.472 e. The number of nitrogens with two attached hydrogens (primary N) is 1. The van der Waals surface area contributed by atoms with Gasteiger partial charge in [0.25, 0.3) is 0 Å². The van der Waals surface area contributed by atoms with Crippen LogP contribution in [0.1, 0.15) is 17.2 Å². The van der Waals surface area contributed by atoms with E-state index < -0.39 is 6.04 Å². The van der Waals surface area contributed by atoms with Gasteiger partial charge in [-0.25, -0.2) is 4.39 Å². The Morgan fingerprint density at radius 3 is 2.64 bits per heavy atom. The molecule has 1 unspecified atom stereocenters. The van der Waals surface area contributed by atoms with Gasteiger partial charge in [0.15, 0.2) is 0 Å². The number of hydrogen-bond acceptors (Lipinski definition) is 2. The molecule has 0 aliphatic carbocycles.